The molecule has 0 atom stereocenters. The Kier molecular flexibility index (Phi) is 6.06. The average molecular weight is 509 g/mol. The van der Waals surface area contributed by atoms with Crippen molar-refractivity contribution in [3.8, 4) is 34.0 Å². The highest BCUT2D eigenvalue weighted by atomic mass is 19.4. The Bertz CT molecular complexity index is 1430. The van der Waals surface area contributed by atoms with Crippen molar-refractivity contribution in [1.29, 1.82) is 0 Å². The average Bonchev–Trinajstić information content (AvgIpc) is 3.54. The fraction of sp³-hybridized carbons (Fsp3) is 0.231. The van der Waals surface area contributed by atoms with E-state index >= 15 is 0 Å². The third-order valence-corrected chi connectivity index (χ3v) is 6.52. The molecule has 1 fully saturated rings. The molecule has 1 aromatic heterocycles. The molecular weight excluding hydrogens is 487 g/mol. The first-order chi connectivity index (χ1) is 17.7. The van der Waals surface area contributed by atoms with Gasteiger partial charge in [-0.1, -0.05) is 24.3 Å². The topological polar surface area (TPSA) is 102 Å². The first-order valence-electron chi connectivity index (χ1n) is 11.3. The SMILES string of the molecule is COc1ccc(-c2ccc(NC(=O)C3(c4ccc(C(F)(F)F)cc4)CC3)cc2-c2nnn[nH]2)cc1OC. The molecule has 0 radical (unpaired) electrons. The van der Waals surface area contributed by atoms with Crippen LogP contribution in [0.1, 0.15) is 24.0 Å². The van der Waals surface area contributed by atoms with Gasteiger partial charge in [-0.25, -0.2) is 5.10 Å². The molecule has 1 aliphatic carbocycles. The van der Waals surface area contributed by atoms with E-state index < -0.39 is 17.2 Å². The summed E-state index contributed by atoms with van der Waals surface area (Å²) in [5.74, 6) is 1.24. The van der Waals surface area contributed by atoms with Crippen molar-refractivity contribution in [3.63, 3.8) is 0 Å². The first kappa shape index (κ1) is 24.3. The monoisotopic (exact) mass is 509 g/mol. The van der Waals surface area contributed by atoms with Gasteiger partial charge in [-0.05, 0) is 76.4 Å². The van der Waals surface area contributed by atoms with Gasteiger partial charge in [0.1, 0.15) is 0 Å². The lowest BCUT2D eigenvalue weighted by molar-refractivity contribution is -0.137. The van der Waals surface area contributed by atoms with Gasteiger partial charge >= 0.3 is 6.18 Å². The van der Waals surface area contributed by atoms with E-state index in [1.807, 2.05) is 18.2 Å². The third kappa shape index (κ3) is 4.59. The van der Waals surface area contributed by atoms with E-state index in [0.717, 1.165) is 23.3 Å². The predicted molar refractivity (Wildman–Crippen MR) is 129 cm³/mol. The number of rotatable bonds is 7. The number of hydrogen-bond acceptors (Lipinski definition) is 6. The lowest BCUT2D eigenvalue weighted by Crippen LogP contribution is -2.28. The summed E-state index contributed by atoms with van der Waals surface area (Å²) in [5.41, 5.74) is 1.67. The number of halogens is 3. The van der Waals surface area contributed by atoms with E-state index in [0.29, 0.717) is 47.0 Å². The molecule has 0 bridgehead atoms. The van der Waals surface area contributed by atoms with Crippen LogP contribution >= 0.6 is 0 Å². The summed E-state index contributed by atoms with van der Waals surface area (Å²) in [7, 11) is 3.10. The van der Waals surface area contributed by atoms with Crippen LogP contribution in [0.5, 0.6) is 11.5 Å². The molecule has 0 unspecified atom stereocenters. The molecule has 37 heavy (non-hydrogen) atoms. The second-order valence-corrected chi connectivity index (χ2v) is 8.69. The molecule has 190 valence electrons. The van der Waals surface area contributed by atoms with Gasteiger partial charge in [0.25, 0.3) is 0 Å². The smallest absolute Gasteiger partial charge is 0.416 e. The highest BCUT2D eigenvalue weighted by Crippen LogP contribution is 2.49. The number of alkyl halides is 3. The first-order valence-corrected chi connectivity index (χ1v) is 11.3. The highest BCUT2D eigenvalue weighted by molar-refractivity contribution is 6.02. The van der Waals surface area contributed by atoms with Crippen LogP contribution in [0.4, 0.5) is 18.9 Å². The van der Waals surface area contributed by atoms with Crippen molar-refractivity contribution in [1.82, 2.24) is 20.6 Å². The fourth-order valence-corrected chi connectivity index (χ4v) is 4.35. The molecule has 0 aliphatic heterocycles. The number of H-pyrrole nitrogens is 1. The number of tetrazole rings is 1. The van der Waals surface area contributed by atoms with Gasteiger partial charge < -0.3 is 14.8 Å². The van der Waals surface area contributed by atoms with E-state index in [9.17, 15) is 18.0 Å². The molecule has 0 saturated heterocycles. The van der Waals surface area contributed by atoms with Crippen LogP contribution in [-0.4, -0.2) is 40.8 Å². The van der Waals surface area contributed by atoms with E-state index in [4.69, 9.17) is 9.47 Å². The maximum Gasteiger partial charge on any atom is 0.416 e. The molecule has 8 nitrogen and oxygen atoms in total. The summed E-state index contributed by atoms with van der Waals surface area (Å²) in [5, 5.41) is 17.0. The number of hydrogen-bond donors (Lipinski definition) is 2. The zero-order chi connectivity index (χ0) is 26.2. The van der Waals surface area contributed by atoms with Crippen LogP contribution in [0.2, 0.25) is 0 Å². The summed E-state index contributed by atoms with van der Waals surface area (Å²) >= 11 is 0. The van der Waals surface area contributed by atoms with Gasteiger partial charge in [0.15, 0.2) is 17.3 Å². The van der Waals surface area contributed by atoms with E-state index in [1.54, 1.807) is 32.4 Å². The minimum atomic E-state index is -4.43. The van der Waals surface area contributed by atoms with Crippen LogP contribution in [0.3, 0.4) is 0 Å². The maximum absolute atomic E-state index is 13.3. The Balaban J connectivity index is 1.46. The van der Waals surface area contributed by atoms with E-state index in [2.05, 4.69) is 25.9 Å². The highest BCUT2D eigenvalue weighted by Gasteiger charge is 2.51. The van der Waals surface area contributed by atoms with Crippen molar-refractivity contribution in [2.24, 2.45) is 0 Å². The molecule has 1 amide bonds. The number of methoxy groups -OCH3 is 2. The normalized spacial score (nSPS) is 14.2. The van der Waals surface area contributed by atoms with Gasteiger partial charge in [-0.2, -0.15) is 13.2 Å². The van der Waals surface area contributed by atoms with Gasteiger partial charge in [0, 0.05) is 11.3 Å². The number of carbonyl (C=O) groups excluding carboxylic acids is 1. The standard InChI is InChI=1S/C26H22F3N5O3/c1-36-21-10-3-15(13-22(21)37-2)19-9-8-18(14-20(19)23-31-33-34-32-23)30-24(35)25(11-12-25)16-4-6-17(7-5-16)26(27,28)29/h3-10,13-14H,11-12H2,1-2H3,(H,30,35)(H,31,32,33,34). The lowest BCUT2D eigenvalue weighted by atomic mass is 9.93. The number of ether oxygens (including phenoxy) is 2. The quantitative estimate of drug-likeness (QED) is 0.353. The molecule has 2 N–H and O–H groups in total. The Morgan fingerprint density at radius 2 is 1.68 bits per heavy atom. The van der Waals surface area contributed by atoms with Crippen molar-refractivity contribution >= 4 is 11.6 Å². The summed E-state index contributed by atoms with van der Waals surface area (Å²) < 4.78 is 49.6. The van der Waals surface area contributed by atoms with Gasteiger partial charge in [-0.3, -0.25) is 4.79 Å². The van der Waals surface area contributed by atoms with Crippen LogP contribution < -0.4 is 14.8 Å². The molecule has 1 saturated carbocycles. The number of carbonyl (C=O) groups is 1. The minimum absolute atomic E-state index is 0.284. The van der Waals surface area contributed by atoms with Crippen LogP contribution in [0.15, 0.2) is 60.7 Å². The summed E-state index contributed by atoms with van der Waals surface area (Å²) in [6.07, 6.45) is -3.33. The molecule has 1 aliphatic rings. The minimum Gasteiger partial charge on any atom is -0.493 e. The van der Waals surface area contributed by atoms with Gasteiger partial charge in [0.05, 0.1) is 25.2 Å². The van der Waals surface area contributed by atoms with Crippen molar-refractivity contribution in [2.75, 3.05) is 19.5 Å². The second-order valence-electron chi connectivity index (χ2n) is 8.69. The Labute approximate surface area is 209 Å². The number of anilines is 1. The fourth-order valence-electron chi connectivity index (χ4n) is 4.35. The molecule has 11 heteroatoms. The number of amides is 1. The summed E-state index contributed by atoms with van der Waals surface area (Å²) in [6.45, 7) is 0. The zero-order valence-corrected chi connectivity index (χ0v) is 19.9. The van der Waals surface area contributed by atoms with Crippen molar-refractivity contribution < 1.29 is 27.4 Å². The van der Waals surface area contributed by atoms with E-state index in [1.165, 1.54) is 12.1 Å². The number of benzene rings is 3. The van der Waals surface area contributed by atoms with Crippen LogP contribution in [-0.2, 0) is 16.4 Å². The zero-order valence-electron chi connectivity index (χ0n) is 19.9. The largest absolute Gasteiger partial charge is 0.493 e. The summed E-state index contributed by atoms with van der Waals surface area (Å²) in [4.78, 5) is 13.3. The Morgan fingerprint density at radius 3 is 2.27 bits per heavy atom. The Morgan fingerprint density at radius 1 is 0.946 bits per heavy atom. The molecule has 0 spiro atoms. The number of nitrogens with zero attached hydrogens (tertiary/aromatic N) is 3. The lowest BCUT2D eigenvalue weighted by Gasteiger charge is -2.18. The van der Waals surface area contributed by atoms with Crippen molar-refractivity contribution in [3.05, 3.63) is 71.8 Å². The van der Waals surface area contributed by atoms with Gasteiger partial charge in [-0.15, -0.1) is 5.10 Å². The number of aromatic amines is 1. The van der Waals surface area contributed by atoms with Gasteiger partial charge in [0.2, 0.25) is 5.91 Å². The van der Waals surface area contributed by atoms with E-state index in [-0.39, 0.29) is 5.91 Å². The van der Waals surface area contributed by atoms with Crippen LogP contribution in [0, 0.1) is 0 Å². The third-order valence-electron chi connectivity index (χ3n) is 6.52. The molecule has 1 heterocycles. The van der Waals surface area contributed by atoms with Crippen LogP contribution in [0.25, 0.3) is 22.5 Å². The maximum atomic E-state index is 13.3. The Hall–Kier alpha value is -4.41. The molecule has 3 aromatic carbocycles. The predicted octanol–water partition coefficient (Wildman–Crippen LogP) is 5.24. The number of aromatic nitrogens is 4. The second kappa shape index (κ2) is 9.23. The number of nitrogens with one attached hydrogen (secondary N) is 2. The molecule has 5 rings (SSSR count). The molecular formula is C26H22F3N5O3. The van der Waals surface area contributed by atoms with Crippen molar-refractivity contribution in [2.45, 2.75) is 24.4 Å². The summed E-state index contributed by atoms with van der Waals surface area (Å²) in [6, 6.07) is 15.6. The molecule has 4 aromatic rings.